The number of aryl methyl sites for hydroxylation is 1. The molecule has 1 heterocycles. The number of allylic oxidation sites excluding steroid dienone is 2. The number of nitrogens with zero attached hydrogens (tertiary/aromatic N) is 1. The molecule has 0 aliphatic rings. The van der Waals surface area contributed by atoms with Crippen molar-refractivity contribution in [3.8, 4) is 0 Å². The van der Waals surface area contributed by atoms with Crippen LogP contribution in [0, 0.1) is 13.8 Å². The van der Waals surface area contributed by atoms with Gasteiger partial charge in [-0.25, -0.2) is 0 Å². The highest BCUT2D eigenvalue weighted by Crippen LogP contribution is 2.46. The van der Waals surface area contributed by atoms with Crippen molar-refractivity contribution >= 4 is 0 Å². The monoisotopic (exact) mass is 431 g/mol. The summed E-state index contributed by atoms with van der Waals surface area (Å²) in [5, 5.41) is 0. The van der Waals surface area contributed by atoms with E-state index in [1.54, 1.807) is 0 Å². The van der Waals surface area contributed by atoms with E-state index in [1.807, 2.05) is 0 Å². The minimum atomic E-state index is 0.167. The van der Waals surface area contributed by atoms with Gasteiger partial charge in [0.2, 0.25) is 0 Å². The summed E-state index contributed by atoms with van der Waals surface area (Å²) < 4.78 is 2.44. The molecule has 0 aliphatic carbocycles. The Labute approximate surface area is 198 Å². The predicted octanol–water partition coefficient (Wildman–Crippen LogP) is 8.18. The number of hydrogen-bond acceptors (Lipinski definition) is 0. The molecule has 4 aromatic rings. The highest BCUT2D eigenvalue weighted by Gasteiger charge is 2.32. The van der Waals surface area contributed by atoms with Crippen molar-refractivity contribution in [2.45, 2.75) is 38.1 Å². The van der Waals surface area contributed by atoms with E-state index in [0.29, 0.717) is 0 Å². The van der Waals surface area contributed by atoms with Crippen molar-refractivity contribution in [1.29, 1.82) is 0 Å². The number of hydrogen-bond donors (Lipinski definition) is 0. The molecule has 0 fully saturated rings. The van der Waals surface area contributed by atoms with Crippen LogP contribution in [0.5, 0.6) is 0 Å². The molecular formula is C32H33N. The zero-order valence-corrected chi connectivity index (χ0v) is 19.7. The van der Waals surface area contributed by atoms with E-state index in [9.17, 15) is 0 Å². The van der Waals surface area contributed by atoms with Crippen molar-refractivity contribution in [3.05, 3.63) is 156 Å². The second-order valence-corrected chi connectivity index (χ2v) is 8.77. The van der Waals surface area contributed by atoms with Gasteiger partial charge in [-0.1, -0.05) is 103 Å². The molecule has 1 heteroatoms. The lowest BCUT2D eigenvalue weighted by molar-refractivity contribution is 0.558. The molecule has 3 aromatic carbocycles. The van der Waals surface area contributed by atoms with Crippen molar-refractivity contribution < 1.29 is 0 Å². The fraction of sp³-hybridized carbons (Fsp3) is 0.188. The highest BCUT2D eigenvalue weighted by atomic mass is 15.0. The quantitative estimate of drug-likeness (QED) is 0.235. The van der Waals surface area contributed by atoms with Crippen LogP contribution in [0.3, 0.4) is 0 Å². The summed E-state index contributed by atoms with van der Waals surface area (Å²) in [6.07, 6.45) is 4.23. The van der Waals surface area contributed by atoms with Crippen LogP contribution in [0.2, 0.25) is 0 Å². The SMILES string of the molecule is C=CC(c1ccccc1)C(c1cc(C)n(Cc2ccccc2)c1C)C(C=C)c1ccccc1. The third kappa shape index (κ3) is 4.78. The summed E-state index contributed by atoms with van der Waals surface area (Å²) in [5.41, 5.74) is 7.84. The van der Waals surface area contributed by atoms with Crippen LogP contribution >= 0.6 is 0 Å². The van der Waals surface area contributed by atoms with Gasteiger partial charge in [0.15, 0.2) is 0 Å². The summed E-state index contributed by atoms with van der Waals surface area (Å²) in [6, 6.07) is 34.6. The van der Waals surface area contributed by atoms with E-state index in [2.05, 4.69) is 141 Å². The molecule has 0 radical (unpaired) electrons. The first-order valence-electron chi connectivity index (χ1n) is 11.7. The summed E-state index contributed by atoms with van der Waals surface area (Å²) in [5.74, 6) is 0.528. The molecule has 1 aromatic heterocycles. The normalized spacial score (nSPS) is 13.8. The Morgan fingerprint density at radius 1 is 0.697 bits per heavy atom. The van der Waals surface area contributed by atoms with E-state index in [-0.39, 0.29) is 17.8 Å². The minimum absolute atomic E-state index is 0.167. The molecular weight excluding hydrogens is 398 g/mol. The third-order valence-electron chi connectivity index (χ3n) is 6.81. The van der Waals surface area contributed by atoms with E-state index in [0.717, 1.165) is 6.54 Å². The zero-order valence-electron chi connectivity index (χ0n) is 19.7. The third-order valence-corrected chi connectivity index (χ3v) is 6.81. The van der Waals surface area contributed by atoms with E-state index >= 15 is 0 Å². The van der Waals surface area contributed by atoms with Crippen LogP contribution in [-0.2, 0) is 6.54 Å². The number of rotatable bonds is 9. The van der Waals surface area contributed by atoms with Crippen LogP contribution < -0.4 is 0 Å². The Kier molecular flexibility index (Phi) is 7.10. The zero-order chi connectivity index (χ0) is 23.2. The molecule has 1 nitrogen and oxygen atoms in total. The summed E-state index contributed by atoms with van der Waals surface area (Å²) >= 11 is 0. The average Bonchev–Trinajstić information content (AvgIpc) is 3.14. The van der Waals surface area contributed by atoms with Gasteiger partial charge in [-0.3, -0.25) is 0 Å². The topological polar surface area (TPSA) is 4.93 Å². The fourth-order valence-electron chi connectivity index (χ4n) is 5.12. The highest BCUT2D eigenvalue weighted by molar-refractivity contribution is 5.42. The Bertz CT molecular complexity index is 1130. The van der Waals surface area contributed by atoms with Gasteiger partial charge in [0.25, 0.3) is 0 Å². The van der Waals surface area contributed by atoms with Gasteiger partial charge in [-0.05, 0) is 42.2 Å². The molecule has 0 spiro atoms. The molecule has 0 saturated heterocycles. The van der Waals surface area contributed by atoms with Crippen molar-refractivity contribution in [1.82, 2.24) is 4.57 Å². The Hall–Kier alpha value is -3.58. The lowest BCUT2D eigenvalue weighted by atomic mass is 9.71. The predicted molar refractivity (Wildman–Crippen MR) is 141 cm³/mol. The molecule has 166 valence electrons. The molecule has 0 aliphatic heterocycles. The largest absolute Gasteiger partial charge is 0.345 e. The molecule has 0 N–H and O–H groups in total. The van der Waals surface area contributed by atoms with Gasteiger partial charge < -0.3 is 4.57 Å². The van der Waals surface area contributed by atoms with Gasteiger partial charge in [-0.15, -0.1) is 13.2 Å². The second kappa shape index (κ2) is 10.4. The summed E-state index contributed by atoms with van der Waals surface area (Å²) in [6.45, 7) is 13.9. The van der Waals surface area contributed by atoms with Gasteiger partial charge >= 0.3 is 0 Å². The van der Waals surface area contributed by atoms with Gasteiger partial charge in [0, 0.05) is 35.7 Å². The maximum Gasteiger partial charge on any atom is 0.0475 e. The van der Waals surface area contributed by atoms with Crippen molar-refractivity contribution in [3.63, 3.8) is 0 Å². The number of aromatic nitrogens is 1. The van der Waals surface area contributed by atoms with Gasteiger partial charge in [0.1, 0.15) is 0 Å². The Balaban J connectivity index is 1.85. The Morgan fingerprint density at radius 3 is 1.61 bits per heavy atom. The maximum absolute atomic E-state index is 4.28. The molecule has 4 rings (SSSR count). The first-order chi connectivity index (χ1) is 16.1. The molecule has 0 amide bonds. The molecule has 0 bridgehead atoms. The first-order valence-corrected chi connectivity index (χ1v) is 11.7. The standard InChI is InChI=1S/C32H33N/c1-5-29(27-18-12-8-13-19-27)32(30(6-2)28-20-14-9-15-21-28)31-22-24(3)33(25(31)4)23-26-16-10-7-11-17-26/h5-22,29-30,32H,1-2,23H2,3-4H3. The van der Waals surface area contributed by atoms with E-state index < -0.39 is 0 Å². The van der Waals surface area contributed by atoms with Crippen LogP contribution in [-0.4, -0.2) is 4.57 Å². The van der Waals surface area contributed by atoms with Gasteiger partial charge in [0.05, 0.1) is 0 Å². The lowest BCUT2D eigenvalue weighted by Crippen LogP contribution is -2.18. The fourth-order valence-corrected chi connectivity index (χ4v) is 5.12. The van der Waals surface area contributed by atoms with Crippen LogP contribution in [0.25, 0.3) is 0 Å². The second-order valence-electron chi connectivity index (χ2n) is 8.77. The maximum atomic E-state index is 4.28. The summed E-state index contributed by atoms with van der Waals surface area (Å²) in [7, 11) is 0. The summed E-state index contributed by atoms with van der Waals surface area (Å²) in [4.78, 5) is 0. The van der Waals surface area contributed by atoms with Crippen molar-refractivity contribution in [2.75, 3.05) is 0 Å². The first kappa shape index (κ1) is 22.6. The van der Waals surface area contributed by atoms with Crippen LogP contribution in [0.4, 0.5) is 0 Å². The van der Waals surface area contributed by atoms with E-state index in [1.165, 1.54) is 33.6 Å². The van der Waals surface area contributed by atoms with E-state index in [4.69, 9.17) is 0 Å². The molecule has 2 atom stereocenters. The molecule has 2 unspecified atom stereocenters. The molecule has 0 saturated carbocycles. The minimum Gasteiger partial charge on any atom is -0.345 e. The van der Waals surface area contributed by atoms with Crippen LogP contribution in [0.1, 0.15) is 51.4 Å². The van der Waals surface area contributed by atoms with Gasteiger partial charge in [-0.2, -0.15) is 0 Å². The number of benzene rings is 3. The molecule has 33 heavy (non-hydrogen) atoms. The Morgan fingerprint density at radius 2 is 1.15 bits per heavy atom. The lowest BCUT2D eigenvalue weighted by Gasteiger charge is -2.32. The average molecular weight is 432 g/mol. The smallest absolute Gasteiger partial charge is 0.0475 e. The van der Waals surface area contributed by atoms with Crippen molar-refractivity contribution in [2.24, 2.45) is 0 Å². The van der Waals surface area contributed by atoms with Crippen LogP contribution in [0.15, 0.2) is 122 Å².